The van der Waals surface area contributed by atoms with Gasteiger partial charge in [0.1, 0.15) is 10.3 Å². The molecule has 0 atom stereocenters. The Hall–Kier alpha value is -1.62. The summed E-state index contributed by atoms with van der Waals surface area (Å²) >= 11 is 1.67. The Balaban J connectivity index is 2.59. The molecule has 3 aromatic rings. The smallest absolute Gasteiger partial charge is 0.181 e. The Kier molecular flexibility index (Phi) is 1.49. The Labute approximate surface area is 84.2 Å². The zero-order chi connectivity index (χ0) is 9.54. The number of aromatic nitrogens is 3. The van der Waals surface area contributed by atoms with E-state index in [1.807, 2.05) is 24.7 Å². The molecular formula is C9H8N4S. The third-order valence-electron chi connectivity index (χ3n) is 2.17. The van der Waals surface area contributed by atoms with Crippen LogP contribution in [0.25, 0.3) is 16.0 Å². The minimum atomic E-state index is 0.820. The summed E-state index contributed by atoms with van der Waals surface area (Å²) < 4.78 is 2.05. The molecule has 3 rings (SSSR count). The molecule has 0 aliphatic carbocycles. The number of imidazole rings is 1. The largest absolute Gasteiger partial charge is 0.370 e. The highest BCUT2D eigenvalue weighted by Crippen LogP contribution is 2.23. The van der Waals surface area contributed by atoms with Crippen molar-refractivity contribution in [3.05, 3.63) is 23.8 Å². The van der Waals surface area contributed by atoms with Crippen LogP contribution in [0.4, 0.5) is 5.82 Å². The fourth-order valence-electron chi connectivity index (χ4n) is 1.54. The maximum absolute atomic E-state index is 4.47. The van der Waals surface area contributed by atoms with E-state index in [2.05, 4.69) is 19.7 Å². The van der Waals surface area contributed by atoms with Crippen molar-refractivity contribution in [3.63, 3.8) is 0 Å². The van der Waals surface area contributed by atoms with Gasteiger partial charge in [-0.2, -0.15) is 0 Å². The van der Waals surface area contributed by atoms with Gasteiger partial charge in [-0.15, -0.1) is 11.3 Å². The molecule has 0 amide bonds. The number of rotatable bonds is 1. The highest BCUT2D eigenvalue weighted by molar-refractivity contribution is 7.16. The van der Waals surface area contributed by atoms with Gasteiger partial charge in [-0.1, -0.05) is 0 Å². The second-order valence-electron chi connectivity index (χ2n) is 2.94. The molecule has 0 bridgehead atoms. The standard InChI is InChI=1S/C9H8N4S/c1-10-7-8-11-3-4-13(8)9-6(12-7)2-5-14-9/h2-5H,1H3,(H,10,12). The number of nitrogens with zero attached hydrogens (tertiary/aromatic N) is 3. The minimum Gasteiger partial charge on any atom is -0.370 e. The molecule has 0 fully saturated rings. The van der Waals surface area contributed by atoms with Crippen LogP contribution in [0, 0.1) is 0 Å². The van der Waals surface area contributed by atoms with Crippen molar-refractivity contribution >= 4 is 33.1 Å². The van der Waals surface area contributed by atoms with Gasteiger partial charge in [0.15, 0.2) is 11.5 Å². The molecule has 0 saturated heterocycles. The predicted molar refractivity (Wildman–Crippen MR) is 57.9 cm³/mol. The van der Waals surface area contributed by atoms with Crippen molar-refractivity contribution < 1.29 is 0 Å². The van der Waals surface area contributed by atoms with Crippen LogP contribution in [0.5, 0.6) is 0 Å². The van der Waals surface area contributed by atoms with Crippen molar-refractivity contribution in [3.8, 4) is 0 Å². The number of anilines is 1. The first kappa shape index (κ1) is 7.75. The van der Waals surface area contributed by atoms with E-state index in [-0.39, 0.29) is 0 Å². The van der Waals surface area contributed by atoms with Crippen LogP contribution < -0.4 is 5.32 Å². The number of nitrogens with one attached hydrogen (secondary N) is 1. The maximum Gasteiger partial charge on any atom is 0.181 e. The van der Waals surface area contributed by atoms with E-state index in [0.717, 1.165) is 21.8 Å². The van der Waals surface area contributed by atoms with Gasteiger partial charge in [0, 0.05) is 19.4 Å². The summed E-state index contributed by atoms with van der Waals surface area (Å²) in [5.41, 5.74) is 1.88. The summed E-state index contributed by atoms with van der Waals surface area (Å²) in [5, 5.41) is 5.09. The first-order valence-electron chi connectivity index (χ1n) is 4.28. The molecule has 14 heavy (non-hydrogen) atoms. The van der Waals surface area contributed by atoms with Gasteiger partial charge in [0.05, 0.1) is 0 Å². The maximum atomic E-state index is 4.47. The lowest BCUT2D eigenvalue weighted by Crippen LogP contribution is -1.97. The first-order chi connectivity index (χ1) is 6.90. The summed E-state index contributed by atoms with van der Waals surface area (Å²) in [5.74, 6) is 0.820. The Morgan fingerprint density at radius 3 is 3.29 bits per heavy atom. The molecule has 0 spiro atoms. The highest BCUT2D eigenvalue weighted by atomic mass is 32.1. The summed E-state index contributed by atoms with van der Waals surface area (Å²) in [6.45, 7) is 0. The summed E-state index contributed by atoms with van der Waals surface area (Å²) in [4.78, 5) is 9.87. The molecule has 0 unspecified atom stereocenters. The predicted octanol–water partition coefficient (Wildman–Crippen LogP) is 1.99. The van der Waals surface area contributed by atoms with E-state index in [9.17, 15) is 0 Å². The molecule has 70 valence electrons. The highest BCUT2D eigenvalue weighted by Gasteiger charge is 2.07. The van der Waals surface area contributed by atoms with Crippen molar-refractivity contribution in [1.29, 1.82) is 0 Å². The van der Waals surface area contributed by atoms with Gasteiger partial charge in [-0.05, 0) is 11.4 Å². The molecule has 3 aromatic heterocycles. The van der Waals surface area contributed by atoms with E-state index in [0.29, 0.717) is 0 Å². The van der Waals surface area contributed by atoms with Crippen LogP contribution in [0.3, 0.4) is 0 Å². The summed E-state index contributed by atoms with van der Waals surface area (Å²) in [6, 6.07) is 2.01. The monoisotopic (exact) mass is 204 g/mol. The lowest BCUT2D eigenvalue weighted by Gasteiger charge is -2.02. The fraction of sp³-hybridized carbons (Fsp3) is 0.111. The lowest BCUT2D eigenvalue weighted by atomic mass is 10.5. The van der Waals surface area contributed by atoms with Crippen LogP contribution in [-0.2, 0) is 0 Å². The normalized spacial score (nSPS) is 11.2. The average Bonchev–Trinajstić information content (AvgIpc) is 2.83. The molecule has 3 heterocycles. The second kappa shape index (κ2) is 2.68. The molecule has 0 aliphatic rings. The van der Waals surface area contributed by atoms with Gasteiger partial charge in [0.2, 0.25) is 0 Å². The quantitative estimate of drug-likeness (QED) is 0.659. The van der Waals surface area contributed by atoms with Crippen LogP contribution >= 0.6 is 11.3 Å². The van der Waals surface area contributed by atoms with E-state index < -0.39 is 0 Å². The van der Waals surface area contributed by atoms with Crippen LogP contribution in [0.1, 0.15) is 0 Å². The molecule has 0 saturated carbocycles. The zero-order valence-corrected chi connectivity index (χ0v) is 8.38. The number of thiophene rings is 1. The molecular weight excluding hydrogens is 196 g/mol. The van der Waals surface area contributed by atoms with Crippen LogP contribution in [-0.4, -0.2) is 21.4 Å². The lowest BCUT2D eigenvalue weighted by molar-refractivity contribution is 1.22. The van der Waals surface area contributed by atoms with Crippen LogP contribution in [0.2, 0.25) is 0 Å². The van der Waals surface area contributed by atoms with E-state index in [4.69, 9.17) is 0 Å². The van der Waals surface area contributed by atoms with Gasteiger partial charge in [0.25, 0.3) is 0 Å². The third-order valence-corrected chi connectivity index (χ3v) is 3.07. The Morgan fingerprint density at radius 2 is 2.43 bits per heavy atom. The van der Waals surface area contributed by atoms with Gasteiger partial charge >= 0.3 is 0 Å². The fourth-order valence-corrected chi connectivity index (χ4v) is 2.36. The van der Waals surface area contributed by atoms with Crippen molar-refractivity contribution in [2.45, 2.75) is 0 Å². The second-order valence-corrected chi connectivity index (χ2v) is 3.84. The molecule has 4 nitrogen and oxygen atoms in total. The molecule has 0 aliphatic heterocycles. The van der Waals surface area contributed by atoms with Crippen molar-refractivity contribution in [2.75, 3.05) is 12.4 Å². The third kappa shape index (κ3) is 0.871. The van der Waals surface area contributed by atoms with Gasteiger partial charge in [-0.3, -0.25) is 4.40 Å². The van der Waals surface area contributed by atoms with E-state index in [1.165, 1.54) is 0 Å². The van der Waals surface area contributed by atoms with Crippen molar-refractivity contribution in [2.24, 2.45) is 0 Å². The molecule has 1 N–H and O–H groups in total. The Morgan fingerprint density at radius 1 is 1.50 bits per heavy atom. The Bertz CT molecular complexity index is 595. The summed E-state index contributed by atoms with van der Waals surface area (Å²) in [6.07, 6.45) is 3.74. The molecule has 5 heteroatoms. The van der Waals surface area contributed by atoms with Crippen molar-refractivity contribution in [1.82, 2.24) is 14.4 Å². The molecule has 0 radical (unpaired) electrons. The van der Waals surface area contributed by atoms with Gasteiger partial charge in [-0.25, -0.2) is 9.97 Å². The minimum absolute atomic E-state index is 0.820. The first-order valence-corrected chi connectivity index (χ1v) is 5.16. The number of hydrogen-bond donors (Lipinski definition) is 1. The number of hydrogen-bond acceptors (Lipinski definition) is 4. The SMILES string of the molecule is CNc1nc2ccsc2n2ccnc12. The van der Waals surface area contributed by atoms with Crippen LogP contribution in [0.15, 0.2) is 23.8 Å². The average molecular weight is 204 g/mol. The zero-order valence-electron chi connectivity index (χ0n) is 7.56. The van der Waals surface area contributed by atoms with E-state index in [1.54, 1.807) is 17.5 Å². The summed E-state index contributed by atoms with van der Waals surface area (Å²) in [7, 11) is 1.86. The number of fused-ring (bicyclic) bond motifs is 3. The molecule has 0 aromatic carbocycles. The van der Waals surface area contributed by atoms with Gasteiger partial charge < -0.3 is 5.32 Å². The van der Waals surface area contributed by atoms with E-state index >= 15 is 0 Å². The topological polar surface area (TPSA) is 42.2 Å².